The highest BCUT2D eigenvalue weighted by molar-refractivity contribution is 8.13. The predicted octanol–water partition coefficient (Wildman–Crippen LogP) is 2.71. The second-order valence-electron chi connectivity index (χ2n) is 7.92. The van der Waals surface area contributed by atoms with Crippen molar-refractivity contribution in [2.24, 2.45) is 16.2 Å². The van der Waals surface area contributed by atoms with Gasteiger partial charge in [0.05, 0.1) is 11.8 Å². The average molecular weight is 428 g/mol. The van der Waals surface area contributed by atoms with Crippen LogP contribution in [-0.4, -0.2) is 57.8 Å². The first-order chi connectivity index (χ1) is 13.2. The first kappa shape index (κ1) is 21.8. The number of thioether (sulfide) groups is 2. The first-order valence-electron chi connectivity index (χ1n) is 10.1. The highest BCUT2D eigenvalue weighted by Gasteiger charge is 2.39. The molecule has 0 spiro atoms. The lowest BCUT2D eigenvalue weighted by Gasteiger charge is -2.33. The fourth-order valence-corrected chi connectivity index (χ4v) is 6.15. The number of hydrogen-bond acceptors (Lipinski definition) is 8. The van der Waals surface area contributed by atoms with E-state index in [0.717, 1.165) is 34.7 Å². The van der Waals surface area contributed by atoms with Crippen molar-refractivity contribution in [3.63, 3.8) is 0 Å². The minimum atomic E-state index is 0. The average Bonchev–Trinajstić information content (AvgIpc) is 3.31. The molecule has 4 unspecified atom stereocenters. The molecule has 158 valence electrons. The zero-order valence-corrected chi connectivity index (χ0v) is 18.5. The number of allylic oxidation sites excluding steroid dienone is 2. The van der Waals surface area contributed by atoms with Gasteiger partial charge in [0.2, 0.25) is 0 Å². The summed E-state index contributed by atoms with van der Waals surface area (Å²) >= 11 is 3.92. The van der Waals surface area contributed by atoms with Crippen molar-refractivity contribution in [2.45, 2.75) is 68.8 Å². The van der Waals surface area contributed by atoms with Crippen LogP contribution in [0, 0.1) is 5.92 Å². The Balaban J connectivity index is 0.00000225. The molecule has 4 N–H and O–H groups in total. The molecule has 1 fully saturated rings. The molecule has 4 aliphatic rings. The first-order valence-corrected chi connectivity index (χ1v) is 12.4. The maximum atomic E-state index is 5.04. The summed E-state index contributed by atoms with van der Waals surface area (Å²) in [6, 6.07) is 0.322. The third kappa shape index (κ3) is 4.98. The maximum Gasteiger partial charge on any atom is 0.184 e. The zero-order valence-electron chi connectivity index (χ0n) is 16.8. The molecular weight excluding hydrogens is 394 g/mol. The molecule has 4 rings (SSSR count). The Morgan fingerprint density at radius 3 is 3.04 bits per heavy atom. The van der Waals surface area contributed by atoms with Gasteiger partial charge in [0.1, 0.15) is 6.17 Å². The standard InChI is InChI=1S/C19H31N5OS2.H2O/c1-24-18(14-8-9-16-17(12-14)23-25-22-16)20-21-19(24)27-10-4-6-13-5-3-7-15(11-13)26-2;/h5,14-16,18,20,22H,3-4,6-12H2,1-2H3;1H2. The molecule has 2 aliphatic heterocycles. The van der Waals surface area contributed by atoms with Crippen LogP contribution >= 0.6 is 23.5 Å². The molecule has 2 aliphatic carbocycles. The maximum absolute atomic E-state index is 5.04. The molecule has 7 nitrogen and oxygen atoms in total. The molecule has 1 saturated carbocycles. The van der Waals surface area contributed by atoms with Gasteiger partial charge in [-0.2, -0.15) is 16.9 Å². The SMILES string of the molecule is CSC1CCC=C(CCCSC2=NNC(C3CCC4NON=C4C3)N2C)C1.O. The molecule has 0 aromatic rings. The molecule has 0 aromatic carbocycles. The van der Waals surface area contributed by atoms with Crippen LogP contribution in [0.4, 0.5) is 0 Å². The Labute approximate surface area is 176 Å². The number of hydrazone groups is 1. The van der Waals surface area contributed by atoms with Crippen LogP contribution in [0.1, 0.15) is 51.4 Å². The van der Waals surface area contributed by atoms with Gasteiger partial charge in [0.25, 0.3) is 0 Å². The van der Waals surface area contributed by atoms with Gasteiger partial charge in [-0.25, -0.2) is 0 Å². The highest BCUT2D eigenvalue weighted by atomic mass is 32.2. The summed E-state index contributed by atoms with van der Waals surface area (Å²) in [5.41, 5.74) is 9.18. The number of hydrogen-bond donors (Lipinski definition) is 2. The molecule has 28 heavy (non-hydrogen) atoms. The van der Waals surface area contributed by atoms with Crippen molar-refractivity contribution in [1.29, 1.82) is 0 Å². The van der Waals surface area contributed by atoms with Crippen LogP contribution in [0.15, 0.2) is 21.9 Å². The summed E-state index contributed by atoms with van der Waals surface area (Å²) in [6.07, 6.45) is 14.6. The summed E-state index contributed by atoms with van der Waals surface area (Å²) < 4.78 is 0. The minimum Gasteiger partial charge on any atom is -0.412 e. The largest absolute Gasteiger partial charge is 0.412 e. The number of fused-ring (bicyclic) bond motifs is 1. The number of nitrogens with one attached hydrogen (secondary N) is 2. The van der Waals surface area contributed by atoms with E-state index in [2.05, 4.69) is 45.4 Å². The number of nitrogens with zero attached hydrogens (tertiary/aromatic N) is 3. The summed E-state index contributed by atoms with van der Waals surface area (Å²) in [5.74, 6) is 1.67. The van der Waals surface area contributed by atoms with Crippen molar-refractivity contribution >= 4 is 34.4 Å². The summed E-state index contributed by atoms with van der Waals surface area (Å²) in [4.78, 5) is 7.37. The van der Waals surface area contributed by atoms with Crippen LogP contribution in [0.3, 0.4) is 0 Å². The lowest BCUT2D eigenvalue weighted by Crippen LogP contribution is -2.47. The predicted molar refractivity (Wildman–Crippen MR) is 119 cm³/mol. The van der Waals surface area contributed by atoms with Crippen molar-refractivity contribution < 1.29 is 10.4 Å². The quantitative estimate of drug-likeness (QED) is 0.500. The molecule has 0 saturated heterocycles. The van der Waals surface area contributed by atoms with Crippen molar-refractivity contribution in [2.75, 3.05) is 19.1 Å². The van der Waals surface area contributed by atoms with Gasteiger partial charge >= 0.3 is 0 Å². The summed E-state index contributed by atoms with van der Waals surface area (Å²) in [7, 11) is 2.17. The van der Waals surface area contributed by atoms with Crippen LogP contribution in [0.2, 0.25) is 0 Å². The number of rotatable bonds is 6. The molecule has 0 radical (unpaired) electrons. The van der Waals surface area contributed by atoms with Gasteiger partial charge in [-0.3, -0.25) is 10.4 Å². The third-order valence-corrected chi connectivity index (χ3v) is 8.33. The van der Waals surface area contributed by atoms with E-state index in [0.29, 0.717) is 12.0 Å². The van der Waals surface area contributed by atoms with Crippen LogP contribution in [0.5, 0.6) is 0 Å². The molecule has 4 atom stereocenters. The number of oxime groups is 1. The molecule has 0 aromatic heterocycles. The zero-order chi connectivity index (χ0) is 18.6. The fourth-order valence-electron chi connectivity index (χ4n) is 4.49. The number of amidine groups is 1. The van der Waals surface area contributed by atoms with E-state index in [4.69, 9.17) is 4.94 Å². The summed E-state index contributed by atoms with van der Waals surface area (Å²) in [6.45, 7) is 0. The van der Waals surface area contributed by atoms with Crippen LogP contribution in [-0.2, 0) is 4.94 Å². The Bertz CT molecular complexity index is 627. The van der Waals surface area contributed by atoms with Gasteiger partial charge < -0.3 is 10.4 Å². The monoisotopic (exact) mass is 427 g/mol. The van der Waals surface area contributed by atoms with Crippen LogP contribution in [0.25, 0.3) is 0 Å². The fraction of sp³-hybridized carbons (Fsp3) is 0.789. The van der Waals surface area contributed by atoms with E-state index in [1.54, 1.807) is 5.57 Å². The Kier molecular flexibility index (Phi) is 7.96. The summed E-state index contributed by atoms with van der Waals surface area (Å²) in [5, 5.41) is 10.7. The Hall–Kier alpha value is -0.900. The third-order valence-electron chi connectivity index (χ3n) is 6.13. The topological polar surface area (TPSA) is 92.8 Å². The van der Waals surface area contributed by atoms with E-state index in [9.17, 15) is 0 Å². The molecule has 0 amide bonds. The lowest BCUT2D eigenvalue weighted by atomic mass is 9.83. The van der Waals surface area contributed by atoms with Gasteiger partial charge in [0, 0.05) is 24.0 Å². The Morgan fingerprint density at radius 1 is 1.29 bits per heavy atom. The molecule has 0 bridgehead atoms. The van der Waals surface area contributed by atoms with Gasteiger partial charge in [-0.15, -0.1) is 5.48 Å². The van der Waals surface area contributed by atoms with Gasteiger partial charge in [0.15, 0.2) is 5.17 Å². The molecule has 2 heterocycles. The smallest absolute Gasteiger partial charge is 0.184 e. The Morgan fingerprint density at radius 2 is 2.18 bits per heavy atom. The van der Waals surface area contributed by atoms with Crippen LogP contribution < -0.4 is 10.9 Å². The normalized spacial score (nSPS) is 31.8. The minimum absolute atomic E-state index is 0. The van der Waals surface area contributed by atoms with E-state index in [1.807, 2.05) is 23.5 Å². The van der Waals surface area contributed by atoms with Crippen molar-refractivity contribution in [3.05, 3.63) is 11.6 Å². The van der Waals surface area contributed by atoms with E-state index in [1.165, 1.54) is 38.5 Å². The van der Waals surface area contributed by atoms with E-state index < -0.39 is 0 Å². The molecular formula is C19H33N5O2S2. The van der Waals surface area contributed by atoms with Crippen molar-refractivity contribution in [3.8, 4) is 0 Å². The van der Waals surface area contributed by atoms with Gasteiger partial charge in [-0.05, 0) is 57.6 Å². The van der Waals surface area contributed by atoms with Gasteiger partial charge in [-0.1, -0.05) is 28.6 Å². The van der Waals surface area contributed by atoms with E-state index in [-0.39, 0.29) is 11.6 Å². The lowest BCUT2D eigenvalue weighted by molar-refractivity contribution is 0.0566. The highest BCUT2D eigenvalue weighted by Crippen LogP contribution is 2.32. The second-order valence-corrected chi connectivity index (χ2v) is 10.1. The van der Waals surface area contributed by atoms with Crippen molar-refractivity contribution in [1.82, 2.24) is 15.8 Å². The number of hydroxylamine groups is 1. The second kappa shape index (κ2) is 10.2. The van der Waals surface area contributed by atoms with E-state index >= 15 is 0 Å². The molecule has 9 heteroatoms.